The highest BCUT2D eigenvalue weighted by atomic mass is 19.1. The van der Waals surface area contributed by atoms with Crippen molar-refractivity contribution in [3.05, 3.63) is 28.6 Å². The largest absolute Gasteiger partial charge is 0.507 e. The summed E-state index contributed by atoms with van der Waals surface area (Å²) in [6.07, 6.45) is 4.10. The molecule has 1 aromatic carbocycles. The van der Waals surface area contributed by atoms with Crippen molar-refractivity contribution in [3.8, 4) is 5.75 Å². The number of phenolic OH excluding ortho intramolecular Hbond substituents is 1. The maximum Gasteiger partial charge on any atom is 0.233 e. The Morgan fingerprint density at radius 1 is 1.28 bits per heavy atom. The van der Waals surface area contributed by atoms with Crippen LogP contribution in [0, 0.1) is 34.9 Å². The molecule has 6 unspecified atom stereocenters. The van der Waals surface area contributed by atoms with Crippen LogP contribution >= 0.6 is 0 Å². The topological polar surface area (TPSA) is 174 Å². The molecule has 210 valence electrons. The van der Waals surface area contributed by atoms with Gasteiger partial charge < -0.3 is 26.7 Å². The van der Waals surface area contributed by atoms with Gasteiger partial charge in [0.1, 0.15) is 17.5 Å². The van der Waals surface area contributed by atoms with Crippen molar-refractivity contribution < 1.29 is 33.8 Å². The number of primary amides is 1. The van der Waals surface area contributed by atoms with Crippen molar-refractivity contribution in [3.63, 3.8) is 0 Å². The highest BCUT2D eigenvalue weighted by Gasteiger charge is 2.67. The van der Waals surface area contributed by atoms with E-state index in [0.29, 0.717) is 6.54 Å². The zero-order valence-electron chi connectivity index (χ0n) is 22.1. The number of nitrogens with two attached hydrogens (primary N) is 1. The molecule has 3 fully saturated rings. The molecule has 11 heteroatoms. The van der Waals surface area contributed by atoms with Gasteiger partial charge in [0.05, 0.1) is 23.2 Å². The Bertz CT molecular complexity index is 1280. The molecule has 0 bridgehead atoms. The van der Waals surface area contributed by atoms with E-state index in [0.717, 1.165) is 25.7 Å². The van der Waals surface area contributed by atoms with Crippen molar-refractivity contribution in [2.24, 2.45) is 29.4 Å². The molecule has 0 aliphatic heterocycles. The first-order valence-electron chi connectivity index (χ1n) is 13.6. The number of aliphatic hydroxyl groups is 1. The number of hydrogen-bond donors (Lipinski definition) is 5. The molecule has 5 rings (SSSR count). The highest BCUT2D eigenvalue weighted by Crippen LogP contribution is 2.51. The van der Waals surface area contributed by atoms with Gasteiger partial charge in [-0.3, -0.25) is 24.1 Å². The first-order valence-corrected chi connectivity index (χ1v) is 13.6. The number of nitrogens with one attached hydrogen (secondary N) is 2. The van der Waals surface area contributed by atoms with Crippen LogP contribution in [0.5, 0.6) is 5.75 Å². The Hall–Kier alpha value is -3.02. The summed E-state index contributed by atoms with van der Waals surface area (Å²) in [6, 6.07) is 0.363. The quantitative estimate of drug-likeness (QED) is 0.329. The third-order valence-corrected chi connectivity index (χ3v) is 9.48. The SMILES string of the molecule is CCN(C)C1C(=O)C(C(N)=O)C(=N)C2(O)C(=O)C3C(=O)c4c(O)cc(CNC5CCCC5)c(F)c4CC3CC12. The fraction of sp³-hybridized carbons (Fsp3) is 0.607. The Balaban J connectivity index is 1.55. The van der Waals surface area contributed by atoms with Crippen LogP contribution in [-0.4, -0.2) is 75.4 Å². The lowest BCUT2D eigenvalue weighted by Crippen LogP contribution is -2.74. The van der Waals surface area contributed by atoms with Gasteiger partial charge in [-0.15, -0.1) is 0 Å². The second-order valence-electron chi connectivity index (χ2n) is 11.5. The van der Waals surface area contributed by atoms with Crippen molar-refractivity contribution in [2.45, 2.75) is 69.7 Å². The number of carbonyl (C=O) groups excluding carboxylic acids is 4. The number of nitrogens with zero attached hydrogens (tertiary/aromatic N) is 1. The summed E-state index contributed by atoms with van der Waals surface area (Å²) in [5.74, 6) is -9.86. The molecule has 39 heavy (non-hydrogen) atoms. The molecule has 3 saturated carbocycles. The van der Waals surface area contributed by atoms with E-state index in [4.69, 9.17) is 11.1 Å². The van der Waals surface area contributed by atoms with E-state index in [1.807, 2.05) is 0 Å². The summed E-state index contributed by atoms with van der Waals surface area (Å²) < 4.78 is 15.8. The molecule has 4 aliphatic carbocycles. The molecule has 0 heterocycles. The predicted molar refractivity (Wildman–Crippen MR) is 138 cm³/mol. The van der Waals surface area contributed by atoms with Gasteiger partial charge in [-0.05, 0) is 51.3 Å². The van der Waals surface area contributed by atoms with Gasteiger partial charge in [0, 0.05) is 29.6 Å². The molecule has 0 spiro atoms. The third kappa shape index (κ3) is 4.05. The first kappa shape index (κ1) is 27.5. The summed E-state index contributed by atoms with van der Waals surface area (Å²) in [6.45, 7) is 2.29. The maximum atomic E-state index is 15.8. The van der Waals surface area contributed by atoms with Gasteiger partial charge in [-0.2, -0.15) is 0 Å². The Labute approximate surface area is 225 Å². The van der Waals surface area contributed by atoms with Crippen molar-refractivity contribution in [1.29, 1.82) is 5.41 Å². The van der Waals surface area contributed by atoms with Crippen molar-refractivity contribution in [2.75, 3.05) is 13.6 Å². The van der Waals surface area contributed by atoms with Gasteiger partial charge in [0.2, 0.25) is 5.91 Å². The number of aromatic hydroxyl groups is 1. The van der Waals surface area contributed by atoms with Gasteiger partial charge in [0.15, 0.2) is 23.0 Å². The van der Waals surface area contributed by atoms with E-state index < -0.39 is 75.8 Å². The smallest absolute Gasteiger partial charge is 0.233 e. The van der Waals surface area contributed by atoms with Crippen LogP contribution in [0.4, 0.5) is 4.39 Å². The summed E-state index contributed by atoms with van der Waals surface area (Å²) in [4.78, 5) is 54.7. The van der Waals surface area contributed by atoms with E-state index in [9.17, 15) is 29.4 Å². The Kier molecular flexibility index (Phi) is 6.97. The van der Waals surface area contributed by atoms with Gasteiger partial charge in [0.25, 0.3) is 0 Å². The van der Waals surface area contributed by atoms with E-state index in [-0.39, 0.29) is 42.1 Å². The number of fused-ring (bicyclic) bond motifs is 3. The fourth-order valence-electron chi connectivity index (χ4n) is 7.38. The van der Waals surface area contributed by atoms with Gasteiger partial charge in [-0.1, -0.05) is 19.8 Å². The molecule has 4 aliphatic rings. The summed E-state index contributed by atoms with van der Waals surface area (Å²) in [5.41, 5.74) is 1.99. The molecular weight excluding hydrogens is 507 g/mol. The fourth-order valence-corrected chi connectivity index (χ4v) is 7.38. The molecule has 6 atom stereocenters. The van der Waals surface area contributed by atoms with Gasteiger partial charge >= 0.3 is 0 Å². The second-order valence-corrected chi connectivity index (χ2v) is 11.5. The molecule has 1 aromatic rings. The minimum absolute atomic E-state index is 0.0235. The van der Waals surface area contributed by atoms with Crippen LogP contribution in [0.15, 0.2) is 6.07 Å². The molecule has 0 aromatic heterocycles. The number of amides is 1. The van der Waals surface area contributed by atoms with E-state index >= 15 is 4.39 Å². The number of phenols is 1. The number of benzene rings is 1. The van der Waals surface area contributed by atoms with Crippen LogP contribution in [0.3, 0.4) is 0 Å². The predicted octanol–water partition coefficient (Wildman–Crippen LogP) is 0.879. The lowest BCUT2D eigenvalue weighted by atomic mass is 9.52. The molecule has 1 amide bonds. The summed E-state index contributed by atoms with van der Waals surface area (Å²) >= 11 is 0. The number of carbonyl (C=O) groups is 4. The Morgan fingerprint density at radius 3 is 2.56 bits per heavy atom. The average Bonchev–Trinajstić information content (AvgIpc) is 3.40. The minimum Gasteiger partial charge on any atom is -0.507 e. The van der Waals surface area contributed by atoms with Crippen LogP contribution < -0.4 is 11.1 Å². The van der Waals surface area contributed by atoms with Crippen molar-refractivity contribution in [1.82, 2.24) is 10.2 Å². The van der Waals surface area contributed by atoms with E-state index in [2.05, 4.69) is 5.32 Å². The highest BCUT2D eigenvalue weighted by molar-refractivity contribution is 6.33. The third-order valence-electron chi connectivity index (χ3n) is 9.48. The normalized spacial score (nSPS) is 32.8. The number of Topliss-reactive ketones (excluding diaryl/α,β-unsaturated/α-hetero) is 3. The molecule has 0 saturated heterocycles. The van der Waals surface area contributed by atoms with Crippen LogP contribution in [0.1, 0.15) is 60.5 Å². The number of ketones is 3. The zero-order valence-corrected chi connectivity index (χ0v) is 22.1. The van der Waals surface area contributed by atoms with Crippen molar-refractivity contribution >= 4 is 29.0 Å². The lowest BCUT2D eigenvalue weighted by Gasteiger charge is -2.54. The van der Waals surface area contributed by atoms with Gasteiger partial charge in [-0.25, -0.2) is 4.39 Å². The maximum absolute atomic E-state index is 15.8. The summed E-state index contributed by atoms with van der Waals surface area (Å²) in [5, 5.41) is 34.4. The molecule has 0 radical (unpaired) electrons. The van der Waals surface area contributed by atoms with E-state index in [1.165, 1.54) is 6.07 Å². The Morgan fingerprint density at radius 2 is 1.95 bits per heavy atom. The second kappa shape index (κ2) is 9.87. The molecule has 10 nitrogen and oxygen atoms in total. The first-order chi connectivity index (χ1) is 18.4. The summed E-state index contributed by atoms with van der Waals surface area (Å²) in [7, 11) is 1.61. The number of hydrogen-bond acceptors (Lipinski definition) is 9. The number of rotatable bonds is 6. The van der Waals surface area contributed by atoms with Crippen LogP contribution in [0.25, 0.3) is 0 Å². The standard InChI is InChI=1S/C28H35FN4O6/c1-3-33(2)22-16-9-12-8-15-19(17(34)10-13(21(15)29)11-32-14-6-4-5-7-14)23(35)18(12)26(37)28(16,39)25(30)20(24(22)36)27(31)38/h10,12,14,16,18,20,22,30,32,34,39H,3-9,11H2,1-2H3,(H2,31,38). The zero-order chi connectivity index (χ0) is 28.4. The average molecular weight is 543 g/mol. The lowest BCUT2D eigenvalue weighted by molar-refractivity contribution is -0.157. The van der Waals surface area contributed by atoms with E-state index in [1.54, 1.807) is 18.9 Å². The molecular formula is C28H35FN4O6. The number of halogens is 1. The molecule has 6 N–H and O–H groups in total. The van der Waals surface area contributed by atoms with Crippen LogP contribution in [0.2, 0.25) is 0 Å². The van der Waals surface area contributed by atoms with Crippen LogP contribution in [-0.2, 0) is 27.3 Å². The number of likely N-dealkylation sites (N-methyl/N-ethyl adjacent to an activating group) is 1. The minimum atomic E-state index is -2.57. The monoisotopic (exact) mass is 542 g/mol.